The molecule has 36 heavy (non-hydrogen) atoms. The predicted molar refractivity (Wildman–Crippen MR) is 131 cm³/mol. The zero-order valence-electron chi connectivity index (χ0n) is 19.2. The number of amides is 2. The average molecular weight is 485 g/mol. The summed E-state index contributed by atoms with van der Waals surface area (Å²) in [5.74, 6) is 1.43. The van der Waals surface area contributed by atoms with Crippen LogP contribution in [0.5, 0.6) is 11.5 Å². The van der Waals surface area contributed by atoms with E-state index < -0.39 is 0 Å². The van der Waals surface area contributed by atoms with Gasteiger partial charge in [-0.05, 0) is 48.5 Å². The maximum Gasteiger partial charge on any atom is 0.319 e. The number of nitrogens with one attached hydrogen (secondary N) is 2. The lowest BCUT2D eigenvalue weighted by Crippen LogP contribution is -2.45. The van der Waals surface area contributed by atoms with Gasteiger partial charge in [0.25, 0.3) is 0 Å². The molecule has 2 amide bonds. The molecule has 2 aromatic carbocycles. The molecular weight excluding hydrogens is 460 g/mol. The fourth-order valence-electron chi connectivity index (χ4n) is 4.47. The topological polar surface area (TPSA) is 112 Å². The smallest absolute Gasteiger partial charge is 0.319 e. The lowest BCUT2D eigenvalue weighted by atomic mass is 10.1. The Morgan fingerprint density at radius 3 is 2.47 bits per heavy atom. The molecule has 182 valence electrons. The number of urea groups is 1. The molecular formula is C26H24N6O4. The maximum absolute atomic E-state index is 12.6. The van der Waals surface area contributed by atoms with E-state index in [9.17, 15) is 4.79 Å². The van der Waals surface area contributed by atoms with Crippen molar-refractivity contribution in [3.63, 3.8) is 0 Å². The van der Waals surface area contributed by atoms with Crippen LogP contribution in [0, 0.1) is 0 Å². The summed E-state index contributed by atoms with van der Waals surface area (Å²) in [6.07, 6.45) is 3.06. The van der Waals surface area contributed by atoms with E-state index in [2.05, 4.69) is 25.9 Å². The number of para-hydroxylation sites is 1. The highest BCUT2D eigenvalue weighted by atomic mass is 16.6. The van der Waals surface area contributed by atoms with Gasteiger partial charge in [-0.15, -0.1) is 5.10 Å². The zero-order chi connectivity index (χ0) is 24.3. The fourth-order valence-corrected chi connectivity index (χ4v) is 4.47. The van der Waals surface area contributed by atoms with E-state index in [-0.39, 0.29) is 30.3 Å². The van der Waals surface area contributed by atoms with Crippen molar-refractivity contribution in [3.8, 4) is 22.9 Å². The van der Waals surface area contributed by atoms with E-state index in [4.69, 9.17) is 14.2 Å². The molecule has 2 aliphatic rings. The minimum absolute atomic E-state index is 0.132. The molecule has 0 radical (unpaired) electrons. The number of carbonyl (C=O) groups excluding carboxylic acids is 1. The van der Waals surface area contributed by atoms with Gasteiger partial charge in [0.05, 0.1) is 31.1 Å². The molecule has 2 saturated heterocycles. The summed E-state index contributed by atoms with van der Waals surface area (Å²) in [4.78, 5) is 17.0. The normalized spacial score (nSPS) is 22.7. The minimum atomic E-state index is -0.328. The number of carbonyl (C=O) groups is 1. The van der Waals surface area contributed by atoms with Crippen LogP contribution in [0.2, 0.25) is 0 Å². The minimum Gasteiger partial charge on any atom is -0.457 e. The van der Waals surface area contributed by atoms with Crippen molar-refractivity contribution in [3.05, 3.63) is 85.2 Å². The van der Waals surface area contributed by atoms with Crippen LogP contribution in [-0.2, 0) is 9.47 Å². The van der Waals surface area contributed by atoms with Crippen molar-refractivity contribution in [2.75, 3.05) is 18.5 Å². The van der Waals surface area contributed by atoms with Gasteiger partial charge in [-0.25, -0.2) is 9.48 Å². The van der Waals surface area contributed by atoms with Crippen LogP contribution in [0.15, 0.2) is 85.2 Å². The van der Waals surface area contributed by atoms with E-state index in [0.717, 1.165) is 11.4 Å². The Morgan fingerprint density at radius 1 is 0.889 bits per heavy atom. The molecule has 2 fully saturated rings. The van der Waals surface area contributed by atoms with Gasteiger partial charge in [0.15, 0.2) is 0 Å². The van der Waals surface area contributed by atoms with Crippen LogP contribution in [0.25, 0.3) is 11.4 Å². The van der Waals surface area contributed by atoms with E-state index in [1.807, 2.05) is 54.7 Å². The number of hydrogen-bond donors (Lipinski definition) is 2. The van der Waals surface area contributed by atoms with Crippen LogP contribution in [-0.4, -0.2) is 57.5 Å². The van der Waals surface area contributed by atoms with Crippen LogP contribution in [0.4, 0.5) is 10.5 Å². The number of anilines is 1. The number of rotatable bonds is 6. The number of hydrogen-bond acceptors (Lipinski definition) is 7. The Kier molecular flexibility index (Phi) is 6.02. The van der Waals surface area contributed by atoms with Gasteiger partial charge >= 0.3 is 6.03 Å². The van der Waals surface area contributed by atoms with E-state index in [1.165, 1.54) is 0 Å². The summed E-state index contributed by atoms with van der Waals surface area (Å²) in [7, 11) is 0. The predicted octanol–water partition coefficient (Wildman–Crippen LogP) is 3.66. The summed E-state index contributed by atoms with van der Waals surface area (Å²) in [6.45, 7) is 0.772. The SMILES string of the molecule is O=C(Nc1ccc(Oc2ccccc2)cc1)NC1COC2C1OCC2n1cc(-c2ccccn2)nn1. The van der Waals surface area contributed by atoms with Crippen LogP contribution >= 0.6 is 0 Å². The number of fused-ring (bicyclic) bond motifs is 1. The summed E-state index contributed by atoms with van der Waals surface area (Å²) in [5, 5.41) is 14.3. The molecule has 10 nitrogen and oxygen atoms in total. The van der Waals surface area contributed by atoms with Gasteiger partial charge in [0, 0.05) is 11.9 Å². The van der Waals surface area contributed by atoms with Crippen molar-refractivity contribution < 1.29 is 19.0 Å². The highest BCUT2D eigenvalue weighted by molar-refractivity contribution is 5.89. The summed E-state index contributed by atoms with van der Waals surface area (Å²) in [5.41, 5.74) is 2.09. The zero-order valence-corrected chi connectivity index (χ0v) is 19.2. The van der Waals surface area contributed by atoms with Crippen LogP contribution in [0.1, 0.15) is 6.04 Å². The Bertz CT molecular complexity index is 1320. The standard InChI is InChI=1S/C26H24N6O4/c33-26(28-17-9-11-19(12-10-17)36-18-6-2-1-3-7-18)29-22-15-34-25-23(16-35-24(22)25)32-14-21(30-31-32)20-8-4-5-13-27-20/h1-14,22-25H,15-16H2,(H2,28,29,33). The largest absolute Gasteiger partial charge is 0.457 e. The number of nitrogens with zero attached hydrogens (tertiary/aromatic N) is 4. The van der Waals surface area contributed by atoms with Gasteiger partial charge in [0.2, 0.25) is 0 Å². The molecule has 0 bridgehead atoms. The van der Waals surface area contributed by atoms with Gasteiger partial charge in [0.1, 0.15) is 35.4 Å². The molecule has 2 aliphatic heterocycles. The maximum atomic E-state index is 12.6. The average Bonchev–Trinajstić information content (AvgIpc) is 3.64. The third kappa shape index (κ3) is 4.64. The van der Waals surface area contributed by atoms with Gasteiger partial charge in [-0.1, -0.05) is 29.5 Å². The molecule has 4 heterocycles. The number of aromatic nitrogens is 4. The Morgan fingerprint density at radius 2 is 1.67 bits per heavy atom. The molecule has 0 saturated carbocycles. The highest BCUT2D eigenvalue weighted by Gasteiger charge is 2.49. The van der Waals surface area contributed by atoms with Crippen LogP contribution < -0.4 is 15.4 Å². The second kappa shape index (κ2) is 9.76. The monoisotopic (exact) mass is 484 g/mol. The van der Waals surface area contributed by atoms with Gasteiger partial charge in [-0.3, -0.25) is 4.98 Å². The summed E-state index contributed by atoms with van der Waals surface area (Å²) in [6, 6.07) is 21.6. The molecule has 0 aliphatic carbocycles. The van der Waals surface area contributed by atoms with Crippen LogP contribution in [0.3, 0.4) is 0 Å². The van der Waals surface area contributed by atoms with Crippen molar-refractivity contribution >= 4 is 11.7 Å². The van der Waals surface area contributed by atoms with E-state index in [1.54, 1.807) is 35.1 Å². The molecule has 2 aromatic heterocycles. The fraction of sp³-hybridized carbons (Fsp3) is 0.231. The lowest BCUT2D eigenvalue weighted by molar-refractivity contribution is 0.0622. The highest BCUT2D eigenvalue weighted by Crippen LogP contribution is 2.34. The first-order valence-electron chi connectivity index (χ1n) is 11.7. The van der Waals surface area contributed by atoms with Gasteiger partial charge in [-0.2, -0.15) is 0 Å². The van der Waals surface area contributed by atoms with Crippen molar-refractivity contribution in [2.24, 2.45) is 0 Å². The third-order valence-electron chi connectivity index (χ3n) is 6.21. The molecule has 2 N–H and O–H groups in total. The first-order chi connectivity index (χ1) is 17.7. The Balaban J connectivity index is 1.04. The second-order valence-electron chi connectivity index (χ2n) is 8.61. The van der Waals surface area contributed by atoms with Crippen molar-refractivity contribution in [1.82, 2.24) is 25.3 Å². The van der Waals surface area contributed by atoms with Crippen molar-refractivity contribution in [1.29, 1.82) is 0 Å². The lowest BCUT2D eigenvalue weighted by Gasteiger charge is -2.18. The quantitative estimate of drug-likeness (QED) is 0.429. The number of pyridine rings is 1. The van der Waals surface area contributed by atoms with E-state index >= 15 is 0 Å². The van der Waals surface area contributed by atoms with Gasteiger partial charge < -0.3 is 24.8 Å². The van der Waals surface area contributed by atoms with E-state index in [0.29, 0.717) is 30.3 Å². The Labute approximate surface area is 207 Å². The number of benzene rings is 2. The van der Waals surface area contributed by atoms with Crippen molar-refractivity contribution in [2.45, 2.75) is 24.3 Å². The summed E-state index contributed by atoms with van der Waals surface area (Å²) < 4.78 is 19.6. The Hall–Kier alpha value is -4.28. The molecule has 4 aromatic rings. The third-order valence-corrected chi connectivity index (χ3v) is 6.21. The molecule has 4 unspecified atom stereocenters. The molecule has 0 spiro atoms. The second-order valence-corrected chi connectivity index (χ2v) is 8.61. The summed E-state index contributed by atoms with van der Waals surface area (Å²) >= 11 is 0. The number of ether oxygens (including phenoxy) is 3. The first kappa shape index (κ1) is 22.2. The molecule has 4 atom stereocenters. The molecule has 10 heteroatoms. The first-order valence-corrected chi connectivity index (χ1v) is 11.7. The molecule has 6 rings (SSSR count).